The molecule has 0 saturated heterocycles. The van der Waals surface area contributed by atoms with Crippen molar-refractivity contribution in [3.63, 3.8) is 0 Å². The van der Waals surface area contributed by atoms with E-state index < -0.39 is 6.29 Å². The maximum atomic E-state index is 8.23. The van der Waals surface area contributed by atoms with Crippen LogP contribution in [0.15, 0.2) is 0 Å². The highest BCUT2D eigenvalue weighted by molar-refractivity contribution is 6.18. The Bertz CT molecular complexity index is 53.8. The third-order valence-electron chi connectivity index (χ3n) is 0.598. The maximum Gasteiger partial charge on any atom is 0.164 e. The first-order chi connectivity index (χ1) is 3.77. The number of alkyl halides is 1. The highest BCUT2D eigenvalue weighted by Crippen LogP contribution is 1.71. The van der Waals surface area contributed by atoms with Crippen LogP contribution in [0.1, 0.15) is 0 Å². The molecule has 0 atom stereocenters. The Morgan fingerprint density at radius 2 is 2.00 bits per heavy atom. The van der Waals surface area contributed by atoms with E-state index in [1.54, 1.807) is 0 Å². The number of aliphatic hydroxyl groups excluding tert-OH is 1. The second kappa shape index (κ2) is 8.46. The third-order valence-corrected chi connectivity index (χ3v) is 0.787. The van der Waals surface area contributed by atoms with Crippen molar-refractivity contribution in [1.29, 1.82) is 0 Å². The van der Waals surface area contributed by atoms with Crippen LogP contribution in [0.4, 0.5) is 0 Å². The summed E-state index contributed by atoms with van der Waals surface area (Å²) in [4.78, 5) is 0. The zero-order chi connectivity index (χ0) is 6.41. The van der Waals surface area contributed by atoms with Crippen molar-refractivity contribution >= 4 is 24.0 Å². The summed E-state index contributed by atoms with van der Waals surface area (Å²) in [7, 11) is 0. The Balaban J connectivity index is 0. The van der Waals surface area contributed by atoms with Crippen molar-refractivity contribution in [2.45, 2.75) is 6.29 Å². The summed E-state index contributed by atoms with van der Waals surface area (Å²) in [5, 5.41) is 19.2. The second-order valence-electron chi connectivity index (χ2n) is 1.37. The number of rotatable bonds is 4. The van der Waals surface area contributed by atoms with Gasteiger partial charge < -0.3 is 15.5 Å². The van der Waals surface area contributed by atoms with E-state index >= 15 is 0 Å². The fourth-order valence-electron chi connectivity index (χ4n) is 0.298. The summed E-state index contributed by atoms with van der Waals surface area (Å²) in [5.41, 5.74) is 0. The second-order valence-corrected chi connectivity index (χ2v) is 1.75. The average Bonchev–Trinajstić information content (AvgIpc) is 1.66. The number of nitrogens with one attached hydrogen (secondary N) is 1. The smallest absolute Gasteiger partial charge is 0.164 e. The molecule has 0 aromatic carbocycles. The summed E-state index contributed by atoms with van der Waals surface area (Å²) in [6.07, 6.45) is -1.27. The fourth-order valence-corrected chi connectivity index (χ4v) is 0.432. The predicted molar refractivity (Wildman–Crippen MR) is 39.1 cm³/mol. The molecule has 0 unspecified atom stereocenters. The minimum absolute atomic E-state index is 0. The van der Waals surface area contributed by atoms with Crippen molar-refractivity contribution in [2.75, 3.05) is 19.0 Å². The van der Waals surface area contributed by atoms with Gasteiger partial charge in [-0.3, -0.25) is 0 Å². The van der Waals surface area contributed by atoms with E-state index in [4.69, 9.17) is 21.8 Å². The molecule has 5 heteroatoms. The van der Waals surface area contributed by atoms with Crippen LogP contribution >= 0.6 is 24.0 Å². The van der Waals surface area contributed by atoms with Gasteiger partial charge in [0.2, 0.25) is 0 Å². The van der Waals surface area contributed by atoms with E-state index in [9.17, 15) is 0 Å². The monoisotopic (exact) mass is 175 g/mol. The Kier molecular flexibility index (Phi) is 11.4. The third kappa shape index (κ3) is 11.8. The lowest BCUT2D eigenvalue weighted by atomic mass is 10.6. The molecule has 0 saturated carbocycles. The minimum atomic E-state index is -1.27. The zero-order valence-corrected chi connectivity index (χ0v) is 6.45. The predicted octanol–water partition coefficient (Wildman–Crippen LogP) is -0.453. The van der Waals surface area contributed by atoms with E-state index in [1.165, 1.54) is 0 Å². The normalized spacial score (nSPS) is 9.33. The maximum absolute atomic E-state index is 8.23. The van der Waals surface area contributed by atoms with Crippen LogP contribution in [0, 0.1) is 0 Å². The van der Waals surface area contributed by atoms with Crippen LogP contribution in [0.25, 0.3) is 0 Å². The lowest BCUT2D eigenvalue weighted by Gasteiger charge is -2.01. The Labute approximate surface area is 65.4 Å². The van der Waals surface area contributed by atoms with Crippen LogP contribution in [-0.2, 0) is 0 Å². The van der Waals surface area contributed by atoms with E-state index in [1.807, 2.05) is 0 Å². The van der Waals surface area contributed by atoms with E-state index in [0.717, 1.165) is 0 Å². The van der Waals surface area contributed by atoms with Gasteiger partial charge in [0, 0.05) is 19.0 Å². The van der Waals surface area contributed by atoms with Gasteiger partial charge in [-0.2, -0.15) is 0 Å². The van der Waals surface area contributed by atoms with Crippen LogP contribution < -0.4 is 5.32 Å². The lowest BCUT2D eigenvalue weighted by Crippen LogP contribution is -2.27. The Morgan fingerprint density at radius 1 is 1.44 bits per heavy atom. The molecule has 0 aliphatic carbocycles. The number of aliphatic hydroxyl groups is 2. The fraction of sp³-hybridized carbons (Fsp3) is 1.00. The molecule has 0 aliphatic rings. The van der Waals surface area contributed by atoms with Gasteiger partial charge in [-0.25, -0.2) is 0 Å². The molecule has 3 N–H and O–H groups in total. The van der Waals surface area contributed by atoms with E-state index in [0.29, 0.717) is 12.4 Å². The van der Waals surface area contributed by atoms with Gasteiger partial charge >= 0.3 is 0 Å². The van der Waals surface area contributed by atoms with Gasteiger partial charge in [0.05, 0.1) is 0 Å². The first-order valence-electron chi connectivity index (χ1n) is 2.40. The molecule has 0 rings (SSSR count). The van der Waals surface area contributed by atoms with Crippen molar-refractivity contribution in [1.82, 2.24) is 5.32 Å². The van der Waals surface area contributed by atoms with Crippen molar-refractivity contribution in [3.8, 4) is 0 Å². The van der Waals surface area contributed by atoms with Crippen LogP contribution in [-0.4, -0.2) is 35.5 Å². The molecule has 58 valence electrons. The van der Waals surface area contributed by atoms with Gasteiger partial charge in [-0.05, 0) is 0 Å². The molecule has 0 amide bonds. The molecule has 9 heavy (non-hydrogen) atoms. The number of halogens is 2. The molecule has 0 bridgehead atoms. The molecule has 0 aromatic heterocycles. The number of hydrogen-bond donors (Lipinski definition) is 3. The minimum Gasteiger partial charge on any atom is -0.367 e. The van der Waals surface area contributed by atoms with Gasteiger partial charge in [0.15, 0.2) is 6.29 Å². The van der Waals surface area contributed by atoms with Crippen LogP contribution in [0.3, 0.4) is 0 Å². The quantitative estimate of drug-likeness (QED) is 0.309. The lowest BCUT2D eigenvalue weighted by molar-refractivity contribution is -0.0367. The standard InChI is InChI=1S/C4H10ClNO2.ClH/c5-1-2-6-3-4(7)8;/h4,6-8H,1-3H2;1H. The SMILES string of the molecule is Cl.OC(O)CNCCCl. The van der Waals surface area contributed by atoms with Gasteiger partial charge in [-0.15, -0.1) is 24.0 Å². The highest BCUT2D eigenvalue weighted by atomic mass is 35.5. The first-order valence-corrected chi connectivity index (χ1v) is 2.93. The van der Waals surface area contributed by atoms with Crippen LogP contribution in [0.5, 0.6) is 0 Å². The van der Waals surface area contributed by atoms with Crippen LogP contribution in [0.2, 0.25) is 0 Å². The molecule has 0 aromatic rings. The Hall–Kier alpha value is 0.460. The van der Waals surface area contributed by atoms with E-state index in [-0.39, 0.29) is 19.0 Å². The van der Waals surface area contributed by atoms with Gasteiger partial charge in [0.1, 0.15) is 0 Å². The molecule has 3 nitrogen and oxygen atoms in total. The molecule has 0 radical (unpaired) electrons. The highest BCUT2D eigenvalue weighted by Gasteiger charge is 1.92. The van der Waals surface area contributed by atoms with Crippen molar-refractivity contribution < 1.29 is 10.2 Å². The van der Waals surface area contributed by atoms with Gasteiger partial charge in [0.25, 0.3) is 0 Å². The number of hydrogen-bond acceptors (Lipinski definition) is 3. The molecule has 0 aliphatic heterocycles. The average molecular weight is 176 g/mol. The summed E-state index contributed by atoms with van der Waals surface area (Å²) < 4.78 is 0. The largest absolute Gasteiger partial charge is 0.367 e. The topological polar surface area (TPSA) is 52.5 Å². The summed E-state index contributed by atoms with van der Waals surface area (Å²) in [6.45, 7) is 0.798. The molecule has 0 fully saturated rings. The summed E-state index contributed by atoms with van der Waals surface area (Å²) in [6, 6.07) is 0. The molecule has 0 spiro atoms. The zero-order valence-electron chi connectivity index (χ0n) is 4.88. The summed E-state index contributed by atoms with van der Waals surface area (Å²) in [5.74, 6) is 0.493. The molecular formula is C4H11Cl2NO2. The molecule has 0 heterocycles. The first kappa shape index (κ1) is 12.2. The Morgan fingerprint density at radius 3 is 2.33 bits per heavy atom. The van der Waals surface area contributed by atoms with Crippen molar-refractivity contribution in [2.24, 2.45) is 0 Å². The summed E-state index contributed by atoms with van der Waals surface area (Å²) >= 11 is 5.26. The van der Waals surface area contributed by atoms with E-state index in [2.05, 4.69) is 5.32 Å². The van der Waals surface area contributed by atoms with Gasteiger partial charge in [-0.1, -0.05) is 0 Å². The van der Waals surface area contributed by atoms with Crippen molar-refractivity contribution in [3.05, 3.63) is 0 Å². The molecular weight excluding hydrogens is 165 g/mol.